The largest absolute Gasteiger partial charge is 0.305 e. The molecule has 0 N–H and O–H groups in total. The summed E-state index contributed by atoms with van der Waals surface area (Å²) >= 11 is 0. The predicted octanol–water partition coefficient (Wildman–Crippen LogP) is 6.56. The van der Waals surface area contributed by atoms with E-state index in [0.29, 0.717) is 0 Å². The maximum Gasteiger partial charge on any atom is 0.301 e. The van der Waals surface area contributed by atoms with Crippen molar-refractivity contribution in [2.24, 2.45) is 0 Å². The molecule has 0 aliphatic heterocycles. The summed E-state index contributed by atoms with van der Waals surface area (Å²) in [5, 5.41) is 14.8. The third-order valence-corrected chi connectivity index (χ3v) is 15.5. The van der Waals surface area contributed by atoms with E-state index in [4.69, 9.17) is 32.7 Å². The van der Waals surface area contributed by atoms with E-state index < -0.39 is 14.1 Å². The third kappa shape index (κ3) is 13.0. The minimum Gasteiger partial charge on any atom is -0.305 e. The van der Waals surface area contributed by atoms with E-state index in [1.807, 2.05) is 0 Å². The summed E-state index contributed by atoms with van der Waals surface area (Å²) in [5.41, 5.74) is 0. The van der Waals surface area contributed by atoms with Crippen LogP contribution in [0.4, 0.5) is 0 Å². The average Bonchev–Trinajstić information content (AvgIpc) is 3.27. The van der Waals surface area contributed by atoms with Gasteiger partial charge in [0.25, 0.3) is 0 Å². The van der Waals surface area contributed by atoms with Crippen LogP contribution in [0.5, 0.6) is 0 Å². The first-order valence-corrected chi connectivity index (χ1v) is 18.3. The van der Waals surface area contributed by atoms with Crippen molar-refractivity contribution in [3.05, 3.63) is 222 Å². The minimum absolute atomic E-state index is 0. The molecule has 0 saturated heterocycles. The van der Waals surface area contributed by atoms with Crippen LogP contribution in [-0.2, 0) is 44.3 Å². The normalized spacial score (nSPS) is 8.77. The van der Waals surface area contributed by atoms with E-state index in [0.717, 1.165) is 0 Å². The fraction of sp³-hybridized carbons (Fsp3) is 0. The van der Waals surface area contributed by atoms with Gasteiger partial charge in [-0.25, -0.2) is 5.26 Å². The Kier molecular flexibility index (Phi) is 28.4. The van der Waals surface area contributed by atoms with Gasteiger partial charge in [0.2, 0.25) is 0 Å². The molecular formula is C43H32N2O5P2W. The van der Waals surface area contributed by atoms with Gasteiger partial charge in [-0.3, -0.25) is 0 Å². The molecule has 0 fully saturated rings. The van der Waals surface area contributed by atoms with Gasteiger partial charge in [-0.2, -0.15) is 0 Å². The van der Waals surface area contributed by atoms with Crippen molar-refractivity contribution >= 4 is 45.9 Å². The number of nitriles is 1. The summed E-state index contributed by atoms with van der Waals surface area (Å²) in [4.78, 5) is 0. The van der Waals surface area contributed by atoms with Crippen molar-refractivity contribution in [3.8, 4) is 6.07 Å². The maximum atomic E-state index is 7.50. The summed E-state index contributed by atoms with van der Waals surface area (Å²) in [5.74, 6) is 0. The number of benzene rings is 6. The molecule has 0 atom stereocenters. The molecule has 0 heterocycles. The van der Waals surface area contributed by atoms with Gasteiger partial charge in [0.05, 0.1) is 31.8 Å². The predicted molar refractivity (Wildman–Crippen MR) is 203 cm³/mol. The van der Waals surface area contributed by atoms with Crippen LogP contribution < -0.4 is 36.0 Å². The molecule has 0 aliphatic rings. The van der Waals surface area contributed by atoms with E-state index in [-0.39, 0.29) is 21.1 Å². The van der Waals surface area contributed by atoms with Crippen LogP contribution in [0.2, 0.25) is 0 Å². The topological polar surface area (TPSA) is 137 Å². The Morgan fingerprint density at radius 2 is 0.472 bits per heavy atom. The van der Waals surface area contributed by atoms with Gasteiger partial charge in [0.1, 0.15) is 0 Å². The Morgan fingerprint density at radius 3 is 0.585 bits per heavy atom. The van der Waals surface area contributed by atoms with E-state index in [1.165, 1.54) is 37.9 Å². The zero-order chi connectivity index (χ0) is 39.1. The number of hydrogen-bond acceptors (Lipinski definition) is 1. The van der Waals surface area contributed by atoms with E-state index >= 15 is 0 Å². The van der Waals surface area contributed by atoms with Crippen LogP contribution in [0, 0.1) is 51.5 Å². The first kappa shape index (κ1) is 49.7. The number of rotatable bonds is 6. The van der Waals surface area contributed by atoms with Crippen molar-refractivity contribution in [1.29, 1.82) is 5.26 Å². The smallest absolute Gasteiger partial charge is 0.301 e. The second kappa shape index (κ2) is 30.3. The molecule has 0 unspecified atom stereocenters. The van der Waals surface area contributed by atoms with Crippen molar-refractivity contribution < 1.29 is 44.3 Å². The second-order valence-electron chi connectivity index (χ2n) is 9.53. The van der Waals surface area contributed by atoms with Crippen molar-refractivity contribution in [2.75, 3.05) is 0 Å². The molecule has 0 amide bonds. The molecule has 260 valence electrons. The monoisotopic (exact) mass is 902 g/mol. The van der Waals surface area contributed by atoms with Crippen LogP contribution in [0.15, 0.2) is 182 Å². The maximum absolute atomic E-state index is 7.50. The Balaban J connectivity index is 0. The average molecular weight is 903 g/mol. The Bertz CT molecular complexity index is 1750. The summed E-state index contributed by atoms with van der Waals surface area (Å²) in [6.07, 6.45) is 0. The van der Waals surface area contributed by atoms with Crippen LogP contribution in [0.3, 0.4) is 0 Å². The molecule has 0 aliphatic carbocycles. The summed E-state index contributed by atoms with van der Waals surface area (Å²) in [6.45, 7) is 25.3. The molecule has 0 bridgehead atoms. The molecule has 10 heteroatoms. The standard InChI is InChI=1S/C36H30NP2.C2H2N.5CO.W/c1-7-19-31(20-8-1)38(32-21-9-2-10-22-32,33-23-11-3-12-24-33)37-39(34-25-13-4-14-26-34,35-27-15-5-16-28-35)36-29-17-6-18-30-36;1-2-3;5*1-2;/h1-30H;1H2;;;;;;/q+1;-1;;;;;;. The third-order valence-electron chi connectivity index (χ3n) is 7.05. The van der Waals surface area contributed by atoms with Crippen LogP contribution in [-0.4, -0.2) is 0 Å². The van der Waals surface area contributed by atoms with E-state index in [9.17, 15) is 0 Å². The van der Waals surface area contributed by atoms with Crippen LogP contribution in [0.25, 0.3) is 0 Å². The fourth-order valence-electron chi connectivity index (χ4n) is 5.27. The first-order chi connectivity index (χ1) is 25.8. The Labute approximate surface area is 326 Å². The molecule has 0 spiro atoms. The minimum atomic E-state index is -2.50. The van der Waals surface area contributed by atoms with Crippen LogP contribution in [0.1, 0.15) is 0 Å². The Morgan fingerprint density at radius 1 is 0.358 bits per heavy atom. The van der Waals surface area contributed by atoms with Crippen LogP contribution >= 0.6 is 14.1 Å². The molecular weight excluding hydrogens is 870 g/mol. The van der Waals surface area contributed by atoms with Gasteiger partial charge >= 0.3 is 70.6 Å². The van der Waals surface area contributed by atoms with E-state index in [2.05, 4.69) is 222 Å². The summed E-state index contributed by atoms with van der Waals surface area (Å²) in [6, 6.07) is 67.2. The zero-order valence-electron chi connectivity index (χ0n) is 28.3. The molecule has 0 radical (unpaired) electrons. The van der Waals surface area contributed by atoms with Gasteiger partial charge in [-0.05, 0) is 72.8 Å². The van der Waals surface area contributed by atoms with Gasteiger partial charge in [-0.1, -0.05) is 109 Å². The molecule has 6 rings (SSSR count). The zero-order valence-corrected chi connectivity index (χ0v) is 33.0. The number of hydrogen-bond donors (Lipinski definition) is 0. The van der Waals surface area contributed by atoms with Gasteiger partial charge in [-0.15, -0.1) is 10.2 Å². The first-order valence-electron chi connectivity index (χ1n) is 14.8. The Hall–Kier alpha value is -5.36. The molecule has 0 saturated carbocycles. The quantitative estimate of drug-likeness (QED) is 0.0796. The molecule has 7 nitrogen and oxygen atoms in total. The second-order valence-corrected chi connectivity index (χ2v) is 15.9. The molecule has 53 heavy (non-hydrogen) atoms. The summed E-state index contributed by atoms with van der Waals surface area (Å²) < 4.78 is 43.9. The van der Waals surface area contributed by atoms with Gasteiger partial charge < -0.3 is 6.92 Å². The van der Waals surface area contributed by atoms with Crippen molar-refractivity contribution in [1.82, 2.24) is 4.17 Å². The SMILES string of the molecule is [C-]#[O+].[C-]#[O+].[C-]#[O+].[C-]#[O+].[C-]#[O+].[CH2-]C#N.[W].c1ccc(P(=[N+]=P(c2ccccc2)(c2ccccc2)c2ccccc2)(c2ccccc2)c2ccccc2)cc1. The molecule has 6 aromatic carbocycles. The summed E-state index contributed by atoms with van der Waals surface area (Å²) in [7, 11) is -4.99. The van der Waals surface area contributed by atoms with Crippen molar-refractivity contribution in [3.63, 3.8) is 0 Å². The fourth-order valence-corrected chi connectivity index (χ4v) is 14.8. The van der Waals surface area contributed by atoms with E-state index in [1.54, 1.807) is 0 Å². The van der Waals surface area contributed by atoms with Gasteiger partial charge in [0.15, 0.2) is 0 Å². The van der Waals surface area contributed by atoms with Crippen molar-refractivity contribution in [2.45, 2.75) is 0 Å². The molecule has 0 aromatic heterocycles. The molecule has 6 aromatic rings. The van der Waals surface area contributed by atoms with Gasteiger partial charge in [0, 0.05) is 21.1 Å². The number of nitrogens with zero attached hydrogens (tertiary/aromatic N) is 2.